The van der Waals surface area contributed by atoms with Gasteiger partial charge in [0.05, 0.1) is 0 Å². The SMILES string of the molecule is CC(C)(COC(=O)C#Cc1ccccc1)COC(=O)C#Cc1ccccc1. The van der Waals surface area contributed by atoms with E-state index in [0.717, 1.165) is 11.1 Å². The maximum absolute atomic E-state index is 11.7. The second-order valence-corrected chi connectivity index (χ2v) is 6.55. The van der Waals surface area contributed by atoms with Gasteiger partial charge in [-0.2, -0.15) is 0 Å². The van der Waals surface area contributed by atoms with Crippen molar-refractivity contribution >= 4 is 11.9 Å². The van der Waals surface area contributed by atoms with Crippen LogP contribution in [0.1, 0.15) is 25.0 Å². The van der Waals surface area contributed by atoms with Crippen LogP contribution in [0.4, 0.5) is 0 Å². The molecule has 0 spiro atoms. The van der Waals surface area contributed by atoms with Gasteiger partial charge in [-0.3, -0.25) is 0 Å². The molecule has 0 aromatic heterocycles. The van der Waals surface area contributed by atoms with Crippen molar-refractivity contribution in [3.05, 3.63) is 71.8 Å². The van der Waals surface area contributed by atoms with Gasteiger partial charge in [-0.05, 0) is 24.3 Å². The van der Waals surface area contributed by atoms with Crippen molar-refractivity contribution in [2.45, 2.75) is 13.8 Å². The number of ether oxygens (including phenoxy) is 2. The van der Waals surface area contributed by atoms with E-state index in [4.69, 9.17) is 9.47 Å². The first-order valence-electron chi connectivity index (χ1n) is 8.42. The number of hydrogen-bond acceptors (Lipinski definition) is 4. The lowest BCUT2D eigenvalue weighted by molar-refractivity contribution is -0.145. The zero-order valence-corrected chi connectivity index (χ0v) is 15.3. The molecule has 0 saturated heterocycles. The third-order valence-corrected chi connectivity index (χ3v) is 3.35. The van der Waals surface area contributed by atoms with Gasteiger partial charge in [-0.1, -0.05) is 62.1 Å². The number of esters is 2. The molecule has 2 rings (SSSR count). The Bertz CT molecular complexity index is 816. The summed E-state index contributed by atoms with van der Waals surface area (Å²) >= 11 is 0. The Morgan fingerprint density at radius 2 is 1.11 bits per heavy atom. The van der Waals surface area contributed by atoms with E-state index < -0.39 is 17.4 Å². The summed E-state index contributed by atoms with van der Waals surface area (Å²) in [5.74, 6) is 9.09. The van der Waals surface area contributed by atoms with E-state index in [2.05, 4.69) is 23.7 Å². The van der Waals surface area contributed by atoms with Crippen LogP contribution in [0.5, 0.6) is 0 Å². The summed E-state index contributed by atoms with van der Waals surface area (Å²) in [6, 6.07) is 18.3. The number of carbonyl (C=O) groups excluding carboxylic acids is 2. The van der Waals surface area contributed by atoms with Crippen LogP contribution in [-0.2, 0) is 19.1 Å². The van der Waals surface area contributed by atoms with Gasteiger partial charge in [0.15, 0.2) is 0 Å². The zero-order valence-electron chi connectivity index (χ0n) is 15.3. The van der Waals surface area contributed by atoms with Crippen LogP contribution in [0, 0.1) is 29.1 Å². The molecule has 0 aliphatic rings. The lowest BCUT2D eigenvalue weighted by Crippen LogP contribution is -2.28. The fourth-order valence-electron chi connectivity index (χ4n) is 1.93. The fourth-order valence-corrected chi connectivity index (χ4v) is 1.93. The fraction of sp³-hybridized carbons (Fsp3) is 0.217. The molecule has 0 heterocycles. The van der Waals surface area contributed by atoms with Gasteiger partial charge in [0.2, 0.25) is 0 Å². The second kappa shape index (κ2) is 9.85. The molecule has 0 N–H and O–H groups in total. The summed E-state index contributed by atoms with van der Waals surface area (Å²) in [6.07, 6.45) is 0. The molecule has 0 saturated carbocycles. The largest absolute Gasteiger partial charge is 0.455 e. The average molecular weight is 360 g/mol. The summed E-state index contributed by atoms with van der Waals surface area (Å²) in [5.41, 5.74) is 0.924. The molecule has 0 fully saturated rings. The monoisotopic (exact) mass is 360 g/mol. The van der Waals surface area contributed by atoms with E-state index in [-0.39, 0.29) is 13.2 Å². The highest BCUT2D eigenvalue weighted by atomic mass is 16.5. The molecule has 0 amide bonds. The van der Waals surface area contributed by atoms with Gasteiger partial charge >= 0.3 is 11.9 Å². The van der Waals surface area contributed by atoms with E-state index >= 15 is 0 Å². The van der Waals surface area contributed by atoms with Gasteiger partial charge in [0.25, 0.3) is 0 Å². The van der Waals surface area contributed by atoms with E-state index in [9.17, 15) is 9.59 Å². The summed E-state index contributed by atoms with van der Waals surface area (Å²) in [5, 5.41) is 0. The van der Waals surface area contributed by atoms with Crippen LogP contribution in [-0.4, -0.2) is 25.2 Å². The molecule has 2 aromatic rings. The van der Waals surface area contributed by atoms with Crippen molar-refractivity contribution in [3.8, 4) is 23.7 Å². The highest BCUT2D eigenvalue weighted by Crippen LogP contribution is 2.16. The molecular weight excluding hydrogens is 340 g/mol. The molecular formula is C23H20O4. The van der Waals surface area contributed by atoms with Crippen LogP contribution < -0.4 is 0 Å². The Labute approximate surface area is 159 Å². The van der Waals surface area contributed by atoms with Crippen molar-refractivity contribution < 1.29 is 19.1 Å². The normalized spacial score (nSPS) is 9.85. The standard InChI is InChI=1S/C23H20O4/c1-23(2,17-26-21(24)15-13-19-9-5-3-6-10-19)18-27-22(25)16-14-20-11-7-4-8-12-20/h3-12H,17-18H2,1-2H3. The maximum Gasteiger partial charge on any atom is 0.384 e. The molecule has 136 valence electrons. The number of hydrogen-bond donors (Lipinski definition) is 0. The Hall–Kier alpha value is -3.50. The predicted octanol–water partition coefficient (Wildman–Crippen LogP) is 3.20. The molecule has 0 radical (unpaired) electrons. The number of carbonyl (C=O) groups is 2. The molecule has 0 unspecified atom stereocenters. The Morgan fingerprint density at radius 3 is 1.48 bits per heavy atom. The maximum atomic E-state index is 11.7. The van der Waals surface area contributed by atoms with Crippen LogP contribution in [0.2, 0.25) is 0 Å². The summed E-state index contributed by atoms with van der Waals surface area (Å²) in [4.78, 5) is 23.5. The van der Waals surface area contributed by atoms with Crippen LogP contribution >= 0.6 is 0 Å². The highest BCUT2D eigenvalue weighted by molar-refractivity contribution is 5.89. The number of benzene rings is 2. The van der Waals surface area contributed by atoms with Gasteiger partial charge in [0.1, 0.15) is 13.2 Å². The minimum atomic E-state index is -0.623. The molecule has 2 aromatic carbocycles. The molecule has 4 heteroatoms. The van der Waals surface area contributed by atoms with Crippen LogP contribution in [0.3, 0.4) is 0 Å². The average Bonchev–Trinajstić information content (AvgIpc) is 2.69. The quantitative estimate of drug-likeness (QED) is 0.621. The van der Waals surface area contributed by atoms with E-state index in [1.54, 1.807) is 24.3 Å². The molecule has 0 aliphatic carbocycles. The summed E-state index contributed by atoms with van der Waals surface area (Å²) in [6.45, 7) is 3.80. The minimum Gasteiger partial charge on any atom is -0.455 e. The van der Waals surface area contributed by atoms with Crippen molar-refractivity contribution in [3.63, 3.8) is 0 Å². The molecule has 0 aliphatic heterocycles. The minimum absolute atomic E-state index is 0.0781. The van der Waals surface area contributed by atoms with E-state index in [1.165, 1.54) is 0 Å². The second-order valence-electron chi connectivity index (χ2n) is 6.55. The van der Waals surface area contributed by atoms with Crippen molar-refractivity contribution in [2.24, 2.45) is 5.41 Å². The first-order chi connectivity index (χ1) is 12.9. The smallest absolute Gasteiger partial charge is 0.384 e. The Balaban J connectivity index is 1.77. The van der Waals surface area contributed by atoms with Crippen molar-refractivity contribution in [1.29, 1.82) is 0 Å². The van der Waals surface area contributed by atoms with E-state index in [1.807, 2.05) is 50.2 Å². The Kier molecular flexibility index (Phi) is 7.23. The van der Waals surface area contributed by atoms with E-state index in [0.29, 0.717) is 0 Å². The lowest BCUT2D eigenvalue weighted by atomic mass is 9.96. The lowest BCUT2D eigenvalue weighted by Gasteiger charge is -2.22. The molecule has 27 heavy (non-hydrogen) atoms. The number of rotatable bonds is 4. The summed E-state index contributed by atoms with van der Waals surface area (Å²) < 4.78 is 10.3. The summed E-state index contributed by atoms with van der Waals surface area (Å²) in [7, 11) is 0. The van der Waals surface area contributed by atoms with Gasteiger partial charge in [0, 0.05) is 28.4 Å². The van der Waals surface area contributed by atoms with Gasteiger partial charge < -0.3 is 9.47 Å². The molecule has 0 bridgehead atoms. The first-order valence-corrected chi connectivity index (χ1v) is 8.42. The Morgan fingerprint density at radius 1 is 0.741 bits per heavy atom. The third kappa shape index (κ3) is 7.94. The van der Waals surface area contributed by atoms with Gasteiger partial charge in [-0.15, -0.1) is 0 Å². The van der Waals surface area contributed by atoms with Gasteiger partial charge in [-0.25, -0.2) is 9.59 Å². The molecule has 4 nitrogen and oxygen atoms in total. The highest BCUT2D eigenvalue weighted by Gasteiger charge is 2.22. The third-order valence-electron chi connectivity index (χ3n) is 3.35. The van der Waals surface area contributed by atoms with Crippen molar-refractivity contribution in [1.82, 2.24) is 0 Å². The zero-order chi connectivity index (χ0) is 19.5. The van der Waals surface area contributed by atoms with Crippen molar-refractivity contribution in [2.75, 3.05) is 13.2 Å². The first kappa shape index (κ1) is 19.8. The predicted molar refractivity (Wildman–Crippen MR) is 102 cm³/mol. The molecule has 0 atom stereocenters. The topological polar surface area (TPSA) is 52.6 Å². The van der Waals surface area contributed by atoms with Crippen LogP contribution in [0.15, 0.2) is 60.7 Å². The van der Waals surface area contributed by atoms with Crippen LogP contribution in [0.25, 0.3) is 0 Å².